The van der Waals surface area contributed by atoms with E-state index in [9.17, 15) is 15.2 Å². The van der Waals surface area contributed by atoms with Crippen LogP contribution < -0.4 is 4.74 Å². The van der Waals surface area contributed by atoms with Gasteiger partial charge in [-0.3, -0.25) is 10.1 Å². The number of ether oxygens (including phenoxy) is 1. The molecule has 2 aromatic carbocycles. The summed E-state index contributed by atoms with van der Waals surface area (Å²) in [6, 6.07) is 11.5. The predicted octanol–water partition coefficient (Wildman–Crippen LogP) is 4.20. The molecular weight excluding hydrogens is 326 g/mol. The first-order valence-corrected chi connectivity index (χ1v) is 6.67. The van der Waals surface area contributed by atoms with Gasteiger partial charge in [0, 0.05) is 6.07 Å². The highest BCUT2D eigenvalue weighted by Gasteiger charge is 2.18. The molecular formula is C14H12BrNO4. The summed E-state index contributed by atoms with van der Waals surface area (Å²) in [6.07, 6.45) is -0.772. The van der Waals surface area contributed by atoms with E-state index in [-0.39, 0.29) is 11.4 Å². The molecule has 0 aromatic heterocycles. The van der Waals surface area contributed by atoms with Gasteiger partial charge in [0.1, 0.15) is 5.75 Å². The molecule has 104 valence electrons. The molecule has 0 aliphatic heterocycles. The fraction of sp³-hybridized carbons (Fsp3) is 0.143. The van der Waals surface area contributed by atoms with Crippen LogP contribution in [-0.2, 0) is 0 Å². The molecule has 0 spiro atoms. The van der Waals surface area contributed by atoms with Crippen molar-refractivity contribution >= 4 is 21.6 Å². The van der Waals surface area contributed by atoms with Crippen molar-refractivity contribution in [3.05, 3.63) is 62.6 Å². The molecule has 0 aliphatic rings. The maximum atomic E-state index is 11.1. The van der Waals surface area contributed by atoms with Crippen molar-refractivity contribution in [1.29, 1.82) is 0 Å². The van der Waals surface area contributed by atoms with Crippen LogP contribution in [0.15, 0.2) is 46.9 Å². The summed E-state index contributed by atoms with van der Waals surface area (Å²) in [5, 5.41) is 20.6. The molecule has 2 rings (SSSR count). The van der Waals surface area contributed by atoms with Gasteiger partial charge in [-0.1, -0.05) is 18.2 Å². The van der Waals surface area contributed by atoms with E-state index in [4.69, 9.17) is 4.74 Å². The van der Waals surface area contributed by atoms with Gasteiger partial charge < -0.3 is 9.84 Å². The number of nitrogens with zero attached hydrogens (tertiary/aromatic N) is 1. The number of nitro benzene ring substituents is 1. The minimum atomic E-state index is -0.772. The van der Waals surface area contributed by atoms with E-state index in [1.54, 1.807) is 31.2 Å². The van der Waals surface area contributed by atoms with Crippen LogP contribution >= 0.6 is 15.9 Å². The Morgan fingerprint density at radius 2 is 1.95 bits per heavy atom. The lowest BCUT2D eigenvalue weighted by atomic mass is 10.1. The smallest absolute Gasteiger partial charge is 0.311 e. The van der Waals surface area contributed by atoms with Gasteiger partial charge >= 0.3 is 5.69 Å². The summed E-state index contributed by atoms with van der Waals surface area (Å²) in [4.78, 5) is 10.6. The summed E-state index contributed by atoms with van der Waals surface area (Å²) < 4.78 is 6.27. The monoisotopic (exact) mass is 337 g/mol. The number of benzene rings is 2. The van der Waals surface area contributed by atoms with Gasteiger partial charge in [0.2, 0.25) is 5.75 Å². The Labute approximate surface area is 124 Å². The number of halogens is 1. The highest BCUT2D eigenvalue weighted by Crippen LogP contribution is 2.36. The van der Waals surface area contributed by atoms with Crippen LogP contribution in [0, 0.1) is 10.1 Å². The van der Waals surface area contributed by atoms with Crippen LogP contribution in [-0.4, -0.2) is 10.0 Å². The van der Waals surface area contributed by atoms with Crippen LogP contribution in [0.3, 0.4) is 0 Å². The predicted molar refractivity (Wildman–Crippen MR) is 77.9 cm³/mol. The van der Waals surface area contributed by atoms with Crippen LogP contribution in [0.25, 0.3) is 0 Å². The van der Waals surface area contributed by atoms with Crippen molar-refractivity contribution in [2.75, 3.05) is 0 Å². The van der Waals surface area contributed by atoms with Crippen molar-refractivity contribution in [3.63, 3.8) is 0 Å². The molecule has 0 saturated heterocycles. The van der Waals surface area contributed by atoms with Gasteiger partial charge in [-0.2, -0.15) is 0 Å². The lowest BCUT2D eigenvalue weighted by molar-refractivity contribution is -0.385. The Balaban J connectivity index is 2.41. The highest BCUT2D eigenvalue weighted by atomic mass is 79.9. The first-order valence-electron chi connectivity index (χ1n) is 5.88. The van der Waals surface area contributed by atoms with Crippen LogP contribution in [0.5, 0.6) is 11.5 Å². The fourth-order valence-corrected chi connectivity index (χ4v) is 2.03. The van der Waals surface area contributed by atoms with Gasteiger partial charge in [0.05, 0.1) is 15.5 Å². The minimum absolute atomic E-state index is 0.131. The van der Waals surface area contributed by atoms with Gasteiger partial charge in [0.25, 0.3) is 0 Å². The Morgan fingerprint density at radius 1 is 1.25 bits per heavy atom. The second kappa shape index (κ2) is 6.02. The maximum Gasteiger partial charge on any atom is 0.311 e. The van der Waals surface area contributed by atoms with E-state index in [1.165, 1.54) is 12.1 Å². The third-order valence-corrected chi connectivity index (χ3v) is 3.37. The van der Waals surface area contributed by atoms with Crippen molar-refractivity contribution in [1.82, 2.24) is 0 Å². The van der Waals surface area contributed by atoms with Crippen molar-refractivity contribution in [3.8, 4) is 11.5 Å². The summed E-state index contributed by atoms with van der Waals surface area (Å²) in [5.41, 5.74) is 0.287. The number of aliphatic hydroxyl groups excluding tert-OH is 1. The van der Waals surface area contributed by atoms with E-state index < -0.39 is 11.0 Å². The second-order valence-electron chi connectivity index (χ2n) is 4.19. The van der Waals surface area contributed by atoms with Gasteiger partial charge in [-0.05, 0) is 46.6 Å². The number of hydrogen-bond donors (Lipinski definition) is 1. The first-order chi connectivity index (χ1) is 9.49. The van der Waals surface area contributed by atoms with E-state index in [0.717, 1.165) is 0 Å². The molecule has 0 aliphatic carbocycles. The van der Waals surface area contributed by atoms with Crippen LogP contribution in [0.4, 0.5) is 5.69 Å². The number of nitro groups is 1. The number of para-hydroxylation sites is 1. The zero-order valence-electron chi connectivity index (χ0n) is 10.6. The van der Waals surface area contributed by atoms with E-state index in [1.807, 2.05) is 6.07 Å². The molecule has 0 fully saturated rings. The lowest BCUT2D eigenvalue weighted by Crippen LogP contribution is -1.97. The van der Waals surface area contributed by atoms with Crippen molar-refractivity contribution in [2.45, 2.75) is 13.0 Å². The van der Waals surface area contributed by atoms with Crippen molar-refractivity contribution < 1.29 is 14.8 Å². The van der Waals surface area contributed by atoms with E-state index in [2.05, 4.69) is 15.9 Å². The molecule has 5 nitrogen and oxygen atoms in total. The number of aliphatic hydroxyl groups is 1. The highest BCUT2D eigenvalue weighted by molar-refractivity contribution is 9.10. The maximum absolute atomic E-state index is 11.1. The van der Waals surface area contributed by atoms with Gasteiger partial charge in [-0.25, -0.2) is 0 Å². The SMILES string of the molecule is C[C@H](O)c1ccc(Oc2ccccc2Br)c([N+](=O)[O-])c1. The Morgan fingerprint density at radius 3 is 2.55 bits per heavy atom. The molecule has 0 heterocycles. The van der Waals surface area contributed by atoms with Crippen molar-refractivity contribution in [2.24, 2.45) is 0 Å². The molecule has 1 N–H and O–H groups in total. The Bertz CT molecular complexity index is 643. The topological polar surface area (TPSA) is 72.6 Å². The zero-order valence-corrected chi connectivity index (χ0v) is 12.2. The number of hydrogen-bond acceptors (Lipinski definition) is 4. The molecule has 20 heavy (non-hydrogen) atoms. The average Bonchev–Trinajstić information content (AvgIpc) is 2.41. The van der Waals surface area contributed by atoms with Gasteiger partial charge in [0.15, 0.2) is 0 Å². The third-order valence-electron chi connectivity index (χ3n) is 2.72. The largest absolute Gasteiger partial charge is 0.449 e. The molecule has 0 amide bonds. The van der Waals surface area contributed by atoms with E-state index in [0.29, 0.717) is 15.8 Å². The number of rotatable bonds is 4. The zero-order chi connectivity index (χ0) is 14.7. The quantitative estimate of drug-likeness (QED) is 0.670. The molecule has 0 radical (unpaired) electrons. The second-order valence-corrected chi connectivity index (χ2v) is 5.05. The standard InChI is InChI=1S/C14H12BrNO4/c1-9(17)10-6-7-14(12(8-10)16(18)19)20-13-5-3-2-4-11(13)15/h2-9,17H,1H3/t9-/m0/s1. The first kappa shape index (κ1) is 14.5. The lowest BCUT2D eigenvalue weighted by Gasteiger charge is -2.10. The van der Waals surface area contributed by atoms with Crippen LogP contribution in [0.1, 0.15) is 18.6 Å². The molecule has 0 unspecified atom stereocenters. The van der Waals surface area contributed by atoms with Gasteiger partial charge in [-0.15, -0.1) is 0 Å². The summed E-state index contributed by atoms with van der Waals surface area (Å²) >= 11 is 3.32. The average molecular weight is 338 g/mol. The molecule has 1 atom stereocenters. The summed E-state index contributed by atoms with van der Waals surface area (Å²) in [5.74, 6) is 0.617. The Kier molecular flexibility index (Phi) is 4.36. The van der Waals surface area contributed by atoms with Crippen LogP contribution in [0.2, 0.25) is 0 Å². The summed E-state index contributed by atoms with van der Waals surface area (Å²) in [6.45, 7) is 1.55. The minimum Gasteiger partial charge on any atom is -0.449 e. The molecule has 2 aromatic rings. The molecule has 0 saturated carbocycles. The molecule has 6 heteroatoms. The fourth-order valence-electron chi connectivity index (χ4n) is 1.67. The third kappa shape index (κ3) is 3.15. The molecule has 0 bridgehead atoms. The van der Waals surface area contributed by atoms with E-state index >= 15 is 0 Å². The normalized spacial score (nSPS) is 11.9. The Hall–Kier alpha value is -1.92. The summed E-state index contributed by atoms with van der Waals surface area (Å²) in [7, 11) is 0.